The molecule has 5 nitrogen and oxygen atoms in total. The summed E-state index contributed by atoms with van der Waals surface area (Å²) in [5, 5.41) is 2.85. The van der Waals surface area contributed by atoms with E-state index in [1.807, 2.05) is 42.5 Å². The molecule has 0 aromatic heterocycles. The fraction of sp³-hybridized carbons (Fsp3) is 0.333. The van der Waals surface area contributed by atoms with Crippen LogP contribution in [0, 0.1) is 6.92 Å². The average molecular weight is 352 g/mol. The summed E-state index contributed by atoms with van der Waals surface area (Å²) in [4.78, 5) is 26.7. The van der Waals surface area contributed by atoms with E-state index in [0.29, 0.717) is 13.1 Å². The van der Waals surface area contributed by atoms with Gasteiger partial charge < -0.3 is 10.1 Å². The molecule has 0 bridgehead atoms. The van der Waals surface area contributed by atoms with Crippen LogP contribution in [0.4, 0.5) is 0 Å². The van der Waals surface area contributed by atoms with Crippen molar-refractivity contribution in [3.05, 3.63) is 71.3 Å². The molecule has 2 aromatic rings. The van der Waals surface area contributed by atoms with Crippen molar-refractivity contribution in [1.29, 1.82) is 0 Å². The first kappa shape index (κ1) is 18.1. The molecule has 3 rings (SSSR count). The Hall–Kier alpha value is -2.66. The highest BCUT2D eigenvalue weighted by atomic mass is 16.5. The minimum absolute atomic E-state index is 0.0601. The van der Waals surface area contributed by atoms with Crippen molar-refractivity contribution in [2.45, 2.75) is 32.5 Å². The van der Waals surface area contributed by atoms with Crippen LogP contribution in [0.2, 0.25) is 0 Å². The standard InChI is InChI=1S/C21H24N2O3/c1-16-7-5-6-10-18(16)14-23-12-11-22-21(25)19(23)13-20(24)26-15-17-8-3-2-4-9-17/h2-10,19H,11-15H2,1H3,(H,22,25)/t19-/m1/s1. The summed E-state index contributed by atoms with van der Waals surface area (Å²) in [6.07, 6.45) is 0.0601. The van der Waals surface area contributed by atoms with Gasteiger partial charge in [0.1, 0.15) is 12.6 Å². The van der Waals surface area contributed by atoms with E-state index >= 15 is 0 Å². The van der Waals surface area contributed by atoms with Gasteiger partial charge in [0, 0.05) is 19.6 Å². The molecule has 1 fully saturated rings. The van der Waals surface area contributed by atoms with E-state index in [-0.39, 0.29) is 24.9 Å². The van der Waals surface area contributed by atoms with Gasteiger partial charge in [0.05, 0.1) is 6.42 Å². The van der Waals surface area contributed by atoms with E-state index in [9.17, 15) is 9.59 Å². The number of esters is 1. The largest absolute Gasteiger partial charge is 0.461 e. The van der Waals surface area contributed by atoms with Gasteiger partial charge in [-0.15, -0.1) is 0 Å². The van der Waals surface area contributed by atoms with Crippen LogP contribution in [0.3, 0.4) is 0 Å². The van der Waals surface area contributed by atoms with Crippen molar-refractivity contribution in [1.82, 2.24) is 10.2 Å². The van der Waals surface area contributed by atoms with Crippen LogP contribution in [-0.2, 0) is 27.5 Å². The zero-order valence-electron chi connectivity index (χ0n) is 15.0. The van der Waals surface area contributed by atoms with Gasteiger partial charge in [-0.2, -0.15) is 0 Å². The van der Waals surface area contributed by atoms with Crippen LogP contribution in [0.5, 0.6) is 0 Å². The van der Waals surface area contributed by atoms with Gasteiger partial charge in [-0.25, -0.2) is 0 Å². The minimum Gasteiger partial charge on any atom is -0.461 e. The topological polar surface area (TPSA) is 58.6 Å². The number of aryl methyl sites for hydroxylation is 1. The van der Waals surface area contributed by atoms with Crippen molar-refractivity contribution in [3.63, 3.8) is 0 Å². The van der Waals surface area contributed by atoms with Crippen LogP contribution in [-0.4, -0.2) is 35.9 Å². The number of hydrogen-bond acceptors (Lipinski definition) is 4. The number of carbonyl (C=O) groups is 2. The summed E-state index contributed by atoms with van der Waals surface area (Å²) in [5.41, 5.74) is 3.29. The molecule has 1 aliphatic rings. The number of carbonyl (C=O) groups excluding carboxylic acids is 2. The number of benzene rings is 2. The third-order valence-electron chi connectivity index (χ3n) is 4.68. The minimum atomic E-state index is -0.494. The Morgan fingerprint density at radius 1 is 1.15 bits per heavy atom. The lowest BCUT2D eigenvalue weighted by atomic mass is 10.0. The Bertz CT molecular complexity index is 761. The third kappa shape index (κ3) is 4.70. The number of nitrogens with one attached hydrogen (secondary N) is 1. The zero-order valence-corrected chi connectivity index (χ0v) is 15.0. The number of rotatable bonds is 6. The first-order valence-corrected chi connectivity index (χ1v) is 8.89. The predicted molar refractivity (Wildman–Crippen MR) is 99.2 cm³/mol. The molecule has 0 spiro atoms. The monoisotopic (exact) mass is 352 g/mol. The number of nitrogens with zero attached hydrogens (tertiary/aromatic N) is 1. The van der Waals surface area contributed by atoms with Crippen LogP contribution in [0.15, 0.2) is 54.6 Å². The summed E-state index contributed by atoms with van der Waals surface area (Å²) < 4.78 is 5.36. The Kier molecular flexibility index (Phi) is 6.02. The molecule has 0 unspecified atom stereocenters. The van der Waals surface area contributed by atoms with Crippen molar-refractivity contribution >= 4 is 11.9 Å². The Morgan fingerprint density at radius 2 is 1.88 bits per heavy atom. The Labute approximate surface area is 154 Å². The molecule has 0 saturated carbocycles. The van der Waals surface area contributed by atoms with Gasteiger partial charge in [-0.3, -0.25) is 14.5 Å². The second-order valence-electron chi connectivity index (χ2n) is 6.55. The number of piperazine rings is 1. The molecule has 5 heteroatoms. The first-order valence-electron chi connectivity index (χ1n) is 8.89. The van der Waals surface area contributed by atoms with Crippen LogP contribution >= 0.6 is 0 Å². The molecule has 0 radical (unpaired) electrons. The summed E-state index contributed by atoms with van der Waals surface area (Å²) in [5.74, 6) is -0.466. The lowest BCUT2D eigenvalue weighted by Crippen LogP contribution is -2.55. The number of ether oxygens (including phenoxy) is 1. The van der Waals surface area contributed by atoms with E-state index in [4.69, 9.17) is 4.74 Å². The van der Waals surface area contributed by atoms with Crippen LogP contribution < -0.4 is 5.32 Å². The highest BCUT2D eigenvalue weighted by Crippen LogP contribution is 2.17. The summed E-state index contributed by atoms with van der Waals surface area (Å²) >= 11 is 0. The van der Waals surface area contributed by atoms with Crippen molar-refractivity contribution in [3.8, 4) is 0 Å². The molecule has 1 amide bonds. The third-order valence-corrected chi connectivity index (χ3v) is 4.68. The average Bonchev–Trinajstić information content (AvgIpc) is 2.65. The Morgan fingerprint density at radius 3 is 2.65 bits per heavy atom. The number of amides is 1. The fourth-order valence-corrected chi connectivity index (χ4v) is 3.13. The van der Waals surface area contributed by atoms with E-state index < -0.39 is 6.04 Å². The molecule has 1 heterocycles. The highest BCUT2D eigenvalue weighted by molar-refractivity contribution is 5.87. The molecule has 26 heavy (non-hydrogen) atoms. The first-order chi connectivity index (χ1) is 12.6. The zero-order chi connectivity index (χ0) is 18.4. The fourth-order valence-electron chi connectivity index (χ4n) is 3.13. The molecule has 1 saturated heterocycles. The van der Waals surface area contributed by atoms with Gasteiger partial charge in [0.2, 0.25) is 5.91 Å². The molecule has 1 aliphatic heterocycles. The molecule has 1 N–H and O–H groups in total. The second kappa shape index (κ2) is 8.63. The maximum atomic E-state index is 12.3. The molecular weight excluding hydrogens is 328 g/mol. The smallest absolute Gasteiger partial charge is 0.308 e. The van der Waals surface area contributed by atoms with Gasteiger partial charge in [-0.1, -0.05) is 54.6 Å². The van der Waals surface area contributed by atoms with Crippen molar-refractivity contribution in [2.75, 3.05) is 13.1 Å². The van der Waals surface area contributed by atoms with E-state index in [0.717, 1.165) is 12.1 Å². The summed E-state index contributed by atoms with van der Waals surface area (Å²) in [6.45, 7) is 4.25. The summed E-state index contributed by atoms with van der Waals surface area (Å²) in [6, 6.07) is 17.2. The van der Waals surface area contributed by atoms with Crippen molar-refractivity contribution < 1.29 is 14.3 Å². The maximum absolute atomic E-state index is 12.3. The predicted octanol–water partition coefficient (Wildman–Crippen LogP) is 2.43. The van der Waals surface area contributed by atoms with Crippen LogP contribution in [0.1, 0.15) is 23.1 Å². The normalized spacial score (nSPS) is 17.6. The molecule has 2 aromatic carbocycles. The van der Waals surface area contributed by atoms with E-state index in [1.54, 1.807) is 0 Å². The molecule has 136 valence electrons. The van der Waals surface area contributed by atoms with Crippen LogP contribution in [0.25, 0.3) is 0 Å². The maximum Gasteiger partial charge on any atom is 0.308 e. The lowest BCUT2D eigenvalue weighted by Gasteiger charge is -2.34. The van der Waals surface area contributed by atoms with E-state index in [2.05, 4.69) is 29.3 Å². The molecular formula is C21H24N2O3. The quantitative estimate of drug-likeness (QED) is 0.811. The van der Waals surface area contributed by atoms with Gasteiger partial charge in [0.15, 0.2) is 0 Å². The molecule has 1 atom stereocenters. The molecule has 0 aliphatic carbocycles. The van der Waals surface area contributed by atoms with Gasteiger partial charge in [0.25, 0.3) is 0 Å². The Balaban J connectivity index is 1.62. The number of hydrogen-bond donors (Lipinski definition) is 1. The SMILES string of the molecule is Cc1ccccc1CN1CCNC(=O)[C@H]1CC(=O)OCc1ccccc1. The second-order valence-corrected chi connectivity index (χ2v) is 6.55. The summed E-state index contributed by atoms with van der Waals surface area (Å²) in [7, 11) is 0. The van der Waals surface area contributed by atoms with E-state index in [1.165, 1.54) is 11.1 Å². The highest BCUT2D eigenvalue weighted by Gasteiger charge is 2.32. The van der Waals surface area contributed by atoms with Crippen molar-refractivity contribution in [2.24, 2.45) is 0 Å². The van der Waals surface area contributed by atoms with Gasteiger partial charge in [-0.05, 0) is 23.6 Å². The van der Waals surface area contributed by atoms with Gasteiger partial charge >= 0.3 is 5.97 Å². The lowest BCUT2D eigenvalue weighted by molar-refractivity contribution is -0.149.